The minimum atomic E-state index is -0.207. The Bertz CT molecular complexity index is 897. The van der Waals surface area contributed by atoms with Crippen molar-refractivity contribution >= 4 is 22.5 Å². The Morgan fingerprint density at radius 1 is 1.04 bits per heavy atom. The molecule has 5 heteroatoms. The van der Waals surface area contributed by atoms with Crippen LogP contribution in [0.2, 0.25) is 0 Å². The smallest absolute Gasteiger partial charge is 0.227 e. The first-order valence-electron chi connectivity index (χ1n) is 8.54. The third kappa shape index (κ3) is 3.22. The summed E-state index contributed by atoms with van der Waals surface area (Å²) in [4.78, 5) is 19.6. The minimum Gasteiger partial charge on any atom is -0.366 e. The molecule has 0 unspecified atom stereocenters. The summed E-state index contributed by atoms with van der Waals surface area (Å²) in [7, 11) is 0. The van der Waals surface area contributed by atoms with E-state index in [-0.39, 0.29) is 11.7 Å². The summed E-state index contributed by atoms with van der Waals surface area (Å²) < 4.78 is 13.9. The number of amides is 1. The first kappa shape index (κ1) is 15.7. The van der Waals surface area contributed by atoms with E-state index in [9.17, 15) is 9.18 Å². The lowest BCUT2D eigenvalue weighted by Gasteiger charge is -2.36. The van der Waals surface area contributed by atoms with Gasteiger partial charge in [-0.2, -0.15) is 0 Å². The van der Waals surface area contributed by atoms with Crippen LogP contribution < -0.4 is 4.90 Å². The van der Waals surface area contributed by atoms with E-state index in [2.05, 4.69) is 4.98 Å². The number of rotatable bonds is 3. The Labute approximate surface area is 145 Å². The summed E-state index contributed by atoms with van der Waals surface area (Å²) in [5.74, 6) is -0.0828. The molecule has 1 saturated heterocycles. The molecule has 2 aromatic carbocycles. The summed E-state index contributed by atoms with van der Waals surface area (Å²) in [5, 5.41) is 1.15. The van der Waals surface area contributed by atoms with Gasteiger partial charge in [-0.3, -0.25) is 4.79 Å². The second kappa shape index (κ2) is 6.59. The molecule has 3 aromatic rings. The summed E-state index contributed by atoms with van der Waals surface area (Å²) >= 11 is 0. The van der Waals surface area contributed by atoms with E-state index in [0.29, 0.717) is 38.3 Å². The topological polar surface area (TPSA) is 39.3 Å². The van der Waals surface area contributed by atoms with Gasteiger partial charge in [0, 0.05) is 37.9 Å². The normalized spacial score (nSPS) is 14.9. The molecule has 1 N–H and O–H groups in total. The molecule has 1 amide bonds. The number of piperazine rings is 1. The van der Waals surface area contributed by atoms with E-state index in [4.69, 9.17) is 0 Å². The van der Waals surface area contributed by atoms with E-state index >= 15 is 0 Å². The molecule has 0 saturated carbocycles. The Balaban J connectivity index is 1.38. The van der Waals surface area contributed by atoms with Crippen LogP contribution in [0.4, 0.5) is 10.1 Å². The largest absolute Gasteiger partial charge is 0.366 e. The monoisotopic (exact) mass is 337 g/mol. The summed E-state index contributed by atoms with van der Waals surface area (Å²) in [6.45, 7) is 2.56. The van der Waals surface area contributed by atoms with Gasteiger partial charge >= 0.3 is 0 Å². The lowest BCUT2D eigenvalue weighted by molar-refractivity contribution is -0.130. The molecular weight excluding hydrogens is 317 g/mol. The van der Waals surface area contributed by atoms with Gasteiger partial charge in [0.05, 0.1) is 12.1 Å². The van der Waals surface area contributed by atoms with E-state index in [1.165, 1.54) is 6.07 Å². The number of halogens is 1. The fraction of sp³-hybridized carbons (Fsp3) is 0.250. The third-order valence-corrected chi connectivity index (χ3v) is 4.80. The molecule has 4 nitrogen and oxygen atoms in total. The molecule has 0 aliphatic carbocycles. The number of carbonyl (C=O) groups is 1. The summed E-state index contributed by atoms with van der Waals surface area (Å²) in [6, 6.07) is 14.9. The van der Waals surface area contributed by atoms with Gasteiger partial charge in [-0.05, 0) is 35.2 Å². The average molecular weight is 337 g/mol. The van der Waals surface area contributed by atoms with Crippen molar-refractivity contribution < 1.29 is 9.18 Å². The van der Waals surface area contributed by atoms with Crippen LogP contribution >= 0.6 is 0 Å². The second-order valence-electron chi connectivity index (χ2n) is 6.40. The van der Waals surface area contributed by atoms with Crippen molar-refractivity contribution in [3.63, 3.8) is 0 Å². The van der Waals surface area contributed by atoms with Crippen LogP contribution in [0, 0.1) is 5.82 Å². The minimum absolute atomic E-state index is 0.124. The number of benzene rings is 2. The quantitative estimate of drug-likeness (QED) is 0.797. The van der Waals surface area contributed by atoms with Crippen molar-refractivity contribution in [2.24, 2.45) is 0 Å². The fourth-order valence-corrected chi connectivity index (χ4v) is 3.40. The van der Waals surface area contributed by atoms with Crippen LogP contribution in [0.25, 0.3) is 10.9 Å². The van der Waals surface area contributed by atoms with Gasteiger partial charge < -0.3 is 14.8 Å². The molecule has 0 atom stereocenters. The number of nitrogens with zero attached hydrogens (tertiary/aromatic N) is 2. The van der Waals surface area contributed by atoms with Crippen LogP contribution in [-0.4, -0.2) is 42.0 Å². The number of hydrogen-bond donors (Lipinski definition) is 1. The highest BCUT2D eigenvalue weighted by molar-refractivity contribution is 5.83. The second-order valence-corrected chi connectivity index (χ2v) is 6.40. The maximum atomic E-state index is 13.9. The lowest BCUT2D eigenvalue weighted by atomic mass is 10.1. The highest BCUT2D eigenvalue weighted by Crippen LogP contribution is 2.21. The van der Waals surface area contributed by atoms with Gasteiger partial charge in [-0.15, -0.1) is 0 Å². The Morgan fingerprint density at radius 3 is 2.64 bits per heavy atom. The van der Waals surface area contributed by atoms with Gasteiger partial charge in [0.2, 0.25) is 5.91 Å². The van der Waals surface area contributed by atoms with Gasteiger partial charge in [0.1, 0.15) is 5.82 Å². The average Bonchev–Trinajstić information content (AvgIpc) is 3.10. The predicted molar refractivity (Wildman–Crippen MR) is 97.2 cm³/mol. The zero-order chi connectivity index (χ0) is 17.2. The first-order valence-corrected chi connectivity index (χ1v) is 8.54. The van der Waals surface area contributed by atoms with Gasteiger partial charge in [0.15, 0.2) is 0 Å². The number of carbonyl (C=O) groups excluding carboxylic acids is 1. The maximum absolute atomic E-state index is 13.9. The van der Waals surface area contributed by atoms with Crippen LogP contribution in [0.1, 0.15) is 5.56 Å². The number of fused-ring (bicyclic) bond motifs is 1. The maximum Gasteiger partial charge on any atom is 0.227 e. The van der Waals surface area contributed by atoms with Crippen molar-refractivity contribution in [1.29, 1.82) is 0 Å². The Morgan fingerprint density at radius 2 is 1.84 bits per heavy atom. The van der Waals surface area contributed by atoms with Crippen LogP contribution in [0.5, 0.6) is 0 Å². The van der Waals surface area contributed by atoms with Gasteiger partial charge in [-0.1, -0.05) is 24.3 Å². The third-order valence-electron chi connectivity index (χ3n) is 4.80. The first-order chi connectivity index (χ1) is 12.2. The fourth-order valence-electron chi connectivity index (χ4n) is 3.40. The van der Waals surface area contributed by atoms with E-state index in [1.54, 1.807) is 12.1 Å². The number of H-pyrrole nitrogens is 1. The van der Waals surface area contributed by atoms with Crippen molar-refractivity contribution in [3.8, 4) is 0 Å². The predicted octanol–water partition coefficient (Wildman–Crippen LogP) is 3.20. The number of anilines is 1. The zero-order valence-electron chi connectivity index (χ0n) is 13.9. The Kier molecular flexibility index (Phi) is 4.14. The molecule has 2 heterocycles. The molecule has 1 aliphatic rings. The van der Waals surface area contributed by atoms with Crippen molar-refractivity contribution in [1.82, 2.24) is 9.88 Å². The highest BCUT2D eigenvalue weighted by atomic mass is 19.1. The van der Waals surface area contributed by atoms with Crippen molar-refractivity contribution in [3.05, 3.63) is 66.1 Å². The molecular formula is C20H20FN3O. The van der Waals surface area contributed by atoms with Gasteiger partial charge in [-0.25, -0.2) is 4.39 Å². The molecule has 0 radical (unpaired) electrons. The number of para-hydroxylation sites is 1. The van der Waals surface area contributed by atoms with E-state index < -0.39 is 0 Å². The Hall–Kier alpha value is -2.82. The molecule has 1 aromatic heterocycles. The number of nitrogens with one attached hydrogen (secondary N) is 1. The van der Waals surface area contributed by atoms with Crippen molar-refractivity contribution in [2.45, 2.75) is 6.42 Å². The molecule has 1 fully saturated rings. The zero-order valence-corrected chi connectivity index (χ0v) is 13.9. The van der Waals surface area contributed by atoms with E-state index in [0.717, 1.165) is 16.5 Å². The molecule has 128 valence electrons. The van der Waals surface area contributed by atoms with Gasteiger partial charge in [0.25, 0.3) is 0 Å². The van der Waals surface area contributed by atoms with Crippen molar-refractivity contribution in [2.75, 3.05) is 31.1 Å². The molecule has 4 rings (SSSR count). The molecule has 1 aliphatic heterocycles. The number of hydrogen-bond acceptors (Lipinski definition) is 2. The van der Waals surface area contributed by atoms with Crippen LogP contribution in [0.15, 0.2) is 54.7 Å². The number of aromatic amines is 1. The highest BCUT2D eigenvalue weighted by Gasteiger charge is 2.22. The van der Waals surface area contributed by atoms with E-state index in [1.807, 2.05) is 46.3 Å². The van der Waals surface area contributed by atoms with Crippen LogP contribution in [-0.2, 0) is 11.2 Å². The standard InChI is InChI=1S/C20H20FN3O/c21-17-3-1-2-4-19(17)23-9-11-24(12-10-23)20(25)14-15-5-6-16-7-8-22-18(16)13-15/h1-8,13,22H,9-12,14H2. The lowest BCUT2D eigenvalue weighted by Crippen LogP contribution is -2.49. The molecule has 0 bridgehead atoms. The summed E-state index contributed by atoms with van der Waals surface area (Å²) in [6.07, 6.45) is 2.30. The SMILES string of the molecule is O=C(Cc1ccc2cc[nH]c2c1)N1CCN(c2ccccc2F)CC1. The number of aromatic nitrogens is 1. The van der Waals surface area contributed by atoms with Crippen LogP contribution in [0.3, 0.4) is 0 Å². The molecule has 25 heavy (non-hydrogen) atoms. The summed E-state index contributed by atoms with van der Waals surface area (Å²) in [5.41, 5.74) is 2.68. The molecule has 0 spiro atoms.